The molecule has 0 saturated carbocycles. The highest BCUT2D eigenvalue weighted by atomic mass is 32.1. The molecule has 1 aliphatic carbocycles. The molecule has 1 unspecified atom stereocenters. The fraction of sp³-hybridized carbons (Fsp3) is 0.333. The van der Waals surface area contributed by atoms with Gasteiger partial charge in [-0.25, -0.2) is 0 Å². The van der Waals surface area contributed by atoms with Crippen LogP contribution in [0.3, 0.4) is 0 Å². The van der Waals surface area contributed by atoms with E-state index in [1.54, 1.807) is 21.9 Å². The van der Waals surface area contributed by atoms with Gasteiger partial charge in [-0.05, 0) is 23.9 Å². The molecule has 1 fully saturated rings. The normalized spacial score (nSPS) is 18.4. The van der Waals surface area contributed by atoms with Gasteiger partial charge in [0, 0.05) is 33.2 Å². The van der Waals surface area contributed by atoms with E-state index >= 15 is 0 Å². The predicted molar refractivity (Wildman–Crippen MR) is 113 cm³/mol. The van der Waals surface area contributed by atoms with Gasteiger partial charge in [-0.15, -0.1) is 11.3 Å². The monoisotopic (exact) mass is 440 g/mol. The highest BCUT2D eigenvalue weighted by Gasteiger charge is 2.34. The number of carbonyl (C=O) groups excluding carboxylic acids is 2. The maximum absolute atomic E-state index is 13.3. The molecule has 31 heavy (non-hydrogen) atoms. The van der Waals surface area contributed by atoms with Gasteiger partial charge in [0.2, 0.25) is 11.3 Å². The van der Waals surface area contributed by atoms with Crippen molar-refractivity contribution < 1.29 is 14.0 Å². The van der Waals surface area contributed by atoms with E-state index in [4.69, 9.17) is 4.42 Å². The van der Waals surface area contributed by atoms with Crippen LogP contribution in [0.1, 0.15) is 33.5 Å². The summed E-state index contributed by atoms with van der Waals surface area (Å²) in [6.45, 7) is 1.78. The van der Waals surface area contributed by atoms with Gasteiger partial charge < -0.3 is 19.2 Å². The van der Waals surface area contributed by atoms with Gasteiger partial charge in [0.25, 0.3) is 17.0 Å². The van der Waals surface area contributed by atoms with Gasteiger partial charge in [0.15, 0.2) is 5.35 Å². The second-order valence-corrected chi connectivity index (χ2v) is 8.61. The van der Waals surface area contributed by atoms with Gasteiger partial charge in [0.05, 0.1) is 10.6 Å². The van der Waals surface area contributed by atoms with Crippen LogP contribution in [0.4, 0.5) is 0 Å². The number of fused-ring (bicyclic) bond motifs is 1. The van der Waals surface area contributed by atoms with Gasteiger partial charge in [-0.1, -0.05) is 12.1 Å². The van der Waals surface area contributed by atoms with Crippen LogP contribution in [-0.4, -0.2) is 57.3 Å². The van der Waals surface area contributed by atoms with E-state index in [2.05, 4.69) is 4.98 Å². The van der Waals surface area contributed by atoms with E-state index in [0.717, 1.165) is 4.57 Å². The molecule has 1 aromatic rings. The number of hydrogen-bond acceptors (Lipinski definition) is 6. The van der Waals surface area contributed by atoms with Crippen molar-refractivity contribution in [1.29, 1.82) is 0 Å². The zero-order valence-electron chi connectivity index (χ0n) is 16.8. The first-order valence-corrected chi connectivity index (χ1v) is 10.9. The van der Waals surface area contributed by atoms with Crippen molar-refractivity contribution in [2.45, 2.75) is 12.3 Å². The van der Waals surface area contributed by atoms with E-state index in [9.17, 15) is 19.2 Å². The Bertz CT molecular complexity index is 1370. The molecule has 1 N–H and O–H groups in total. The van der Waals surface area contributed by atoms with Gasteiger partial charge >= 0.3 is 0 Å². The average molecular weight is 440 g/mol. The zero-order chi connectivity index (χ0) is 21.7. The number of nitrogens with one attached hydrogen (secondary N) is 1. The average Bonchev–Trinajstić information content (AvgIpc) is 3.41. The van der Waals surface area contributed by atoms with Gasteiger partial charge in [-0.3, -0.25) is 23.7 Å². The van der Waals surface area contributed by atoms with Crippen molar-refractivity contribution in [1.82, 2.24) is 19.4 Å². The molecule has 1 atom stereocenters. The molecule has 160 valence electrons. The highest BCUT2D eigenvalue weighted by molar-refractivity contribution is 7.12. The third kappa shape index (κ3) is 3.14. The topological polar surface area (TPSA) is 109 Å². The first kappa shape index (κ1) is 19.6. The summed E-state index contributed by atoms with van der Waals surface area (Å²) in [4.78, 5) is 57.5. The van der Waals surface area contributed by atoms with Crippen LogP contribution in [-0.2, 0) is 11.8 Å². The number of nitrogens with zero attached hydrogens (tertiary/aromatic N) is 3. The molecule has 3 aliphatic heterocycles. The Morgan fingerprint density at radius 1 is 1.13 bits per heavy atom. The number of aromatic nitrogens is 2. The van der Waals surface area contributed by atoms with Crippen LogP contribution < -0.4 is 11.1 Å². The largest absolute Gasteiger partial charge is 0.450 e. The van der Waals surface area contributed by atoms with E-state index in [-0.39, 0.29) is 22.6 Å². The van der Waals surface area contributed by atoms with Crippen LogP contribution in [0.5, 0.6) is 0 Å². The SMILES string of the molecule is Cn1c(=O)c2[nH]c3c(oc=2c1=O)C(C(=O)N1CCN(C(=O)c2cccs2)CC1)CC=C3. The fourth-order valence-electron chi connectivity index (χ4n) is 4.11. The van der Waals surface area contributed by atoms with E-state index in [1.165, 1.54) is 18.4 Å². The summed E-state index contributed by atoms with van der Waals surface area (Å²) in [6.07, 6.45) is 4.05. The first-order valence-electron chi connectivity index (χ1n) is 9.99. The Hall–Kier alpha value is -3.40. The smallest absolute Gasteiger partial charge is 0.298 e. The number of H-pyrrole nitrogens is 1. The third-order valence-electron chi connectivity index (χ3n) is 5.86. The minimum atomic E-state index is -0.588. The van der Waals surface area contributed by atoms with E-state index in [1.807, 2.05) is 17.5 Å². The summed E-state index contributed by atoms with van der Waals surface area (Å²) in [6, 6.07) is 3.65. The number of allylic oxidation sites excluding steroid dienone is 1. The number of thiophene rings is 1. The molecule has 0 aromatic carbocycles. The molecule has 9 nitrogen and oxygen atoms in total. The maximum atomic E-state index is 13.3. The zero-order valence-corrected chi connectivity index (χ0v) is 17.6. The lowest BCUT2D eigenvalue weighted by atomic mass is 9.93. The second-order valence-electron chi connectivity index (χ2n) is 7.66. The Morgan fingerprint density at radius 2 is 1.87 bits per heavy atom. The molecular formula is C21H20N4O5S. The molecule has 0 bridgehead atoms. The number of rotatable bonds is 2. The predicted octanol–water partition coefficient (Wildman–Crippen LogP) is 0.938. The molecule has 1 saturated heterocycles. The third-order valence-corrected chi connectivity index (χ3v) is 6.72. The van der Waals surface area contributed by atoms with Crippen LogP contribution in [0.15, 0.2) is 37.6 Å². The fourth-order valence-corrected chi connectivity index (χ4v) is 4.80. The van der Waals surface area contributed by atoms with E-state index < -0.39 is 17.0 Å². The molecule has 2 amide bonds. The molecule has 1 aromatic heterocycles. The quantitative estimate of drug-likeness (QED) is 0.638. The molecule has 0 radical (unpaired) electrons. The van der Waals surface area contributed by atoms with Crippen LogP contribution in [0.2, 0.25) is 0 Å². The molecule has 4 aliphatic rings. The molecule has 5 rings (SSSR count). The summed E-state index contributed by atoms with van der Waals surface area (Å²) in [5.41, 5.74) is -0.530. The molecule has 4 heterocycles. The molecule has 0 spiro atoms. The number of aromatic amines is 1. The van der Waals surface area contributed by atoms with E-state index in [0.29, 0.717) is 48.9 Å². The number of carbonyl (C=O) groups is 2. The minimum absolute atomic E-state index is 0.0134. The standard InChI is InChI=1S/C21H20N4O5S/c1-23-20(28)15-17(21(23)29)30-16-12(4-2-5-13(16)22-15)18(26)24-7-9-25(10-8-24)19(27)14-6-3-11-31-14/h2-3,5-6,11-12,22H,4,7-10H2,1H3. The lowest BCUT2D eigenvalue weighted by Crippen LogP contribution is -2.51. The summed E-state index contributed by atoms with van der Waals surface area (Å²) in [7, 11) is 1.39. The molecular weight excluding hydrogens is 420 g/mol. The van der Waals surface area contributed by atoms with Crippen molar-refractivity contribution in [3.63, 3.8) is 0 Å². The van der Waals surface area contributed by atoms with Gasteiger partial charge in [-0.2, -0.15) is 0 Å². The second kappa shape index (κ2) is 7.38. The Balaban J connectivity index is 1.39. The lowest BCUT2D eigenvalue weighted by Gasteiger charge is -2.36. The van der Waals surface area contributed by atoms with Crippen molar-refractivity contribution >= 4 is 29.2 Å². The summed E-state index contributed by atoms with van der Waals surface area (Å²) in [5, 5.41) is 1.97. The van der Waals surface area contributed by atoms with Crippen LogP contribution in [0.25, 0.3) is 6.08 Å². The highest BCUT2D eigenvalue weighted by Crippen LogP contribution is 2.30. The van der Waals surface area contributed by atoms with Crippen molar-refractivity contribution in [2.75, 3.05) is 26.2 Å². The van der Waals surface area contributed by atoms with Gasteiger partial charge in [0.1, 0.15) is 11.7 Å². The Kier molecular flexibility index (Phi) is 4.66. The lowest BCUT2D eigenvalue weighted by molar-refractivity contribution is -0.134. The minimum Gasteiger partial charge on any atom is -0.450 e. The van der Waals surface area contributed by atoms with Crippen molar-refractivity contribution in [3.8, 4) is 0 Å². The summed E-state index contributed by atoms with van der Waals surface area (Å²) < 4.78 is 6.81. The Morgan fingerprint density at radius 3 is 2.58 bits per heavy atom. The summed E-state index contributed by atoms with van der Waals surface area (Å²) >= 11 is 1.41. The maximum Gasteiger partial charge on any atom is 0.298 e. The van der Waals surface area contributed by atoms with Crippen molar-refractivity contribution in [3.05, 3.63) is 71.4 Å². The van der Waals surface area contributed by atoms with Crippen LogP contribution >= 0.6 is 11.3 Å². The van der Waals surface area contributed by atoms with Crippen molar-refractivity contribution in [2.24, 2.45) is 7.05 Å². The first-order chi connectivity index (χ1) is 15.0. The molecule has 10 heteroatoms. The number of hydrogen-bond donors (Lipinski definition) is 1. The number of amides is 2. The Labute approximate surface area is 179 Å². The number of piperazine rings is 1. The van der Waals surface area contributed by atoms with Crippen LogP contribution in [0, 0.1) is 10.8 Å². The summed E-state index contributed by atoms with van der Waals surface area (Å²) in [5.74, 6) is -0.355.